The zero-order chi connectivity index (χ0) is 8.20. The van der Waals surface area contributed by atoms with E-state index < -0.39 is 18.3 Å². The van der Waals surface area contributed by atoms with Gasteiger partial charge in [-0.15, -0.1) is 0 Å². The highest BCUT2D eigenvalue weighted by Gasteiger charge is 2.31. The summed E-state index contributed by atoms with van der Waals surface area (Å²) in [7, 11) is 0. The van der Waals surface area contributed by atoms with E-state index in [4.69, 9.17) is 10.2 Å². The third-order valence-corrected chi connectivity index (χ3v) is 1.71. The Hall–Kier alpha value is -0.120. The van der Waals surface area contributed by atoms with E-state index in [1.54, 1.807) is 6.92 Å². The molecule has 0 heterocycles. The molecule has 3 N–H and O–H groups in total. The van der Waals surface area contributed by atoms with Gasteiger partial charge in [-0.1, -0.05) is 13.8 Å². The molecular weight excluding hydrogens is 132 g/mol. The lowest BCUT2D eigenvalue weighted by atomic mass is 9.93. The number of aliphatic hydroxyl groups is 3. The molecule has 0 fully saturated rings. The van der Waals surface area contributed by atoms with Crippen LogP contribution in [0.25, 0.3) is 0 Å². The van der Waals surface area contributed by atoms with E-state index in [1.165, 1.54) is 0 Å². The van der Waals surface area contributed by atoms with E-state index in [2.05, 4.69) is 6.92 Å². The normalized spacial score (nSPS) is 20.1. The van der Waals surface area contributed by atoms with Gasteiger partial charge >= 0.3 is 0 Å². The standard InChI is InChI=1S/C7H15O3/c1-3-6(9)7(10,4-2)5-8/h6,8-10H,2-5H2,1H3. The molecule has 0 saturated carbocycles. The minimum Gasteiger partial charge on any atom is -0.393 e. The molecule has 0 bridgehead atoms. The van der Waals surface area contributed by atoms with Gasteiger partial charge in [-0.2, -0.15) is 0 Å². The molecule has 0 amide bonds. The third-order valence-electron chi connectivity index (χ3n) is 1.71. The zero-order valence-corrected chi connectivity index (χ0v) is 6.25. The van der Waals surface area contributed by atoms with Crippen LogP contribution in [-0.2, 0) is 0 Å². The van der Waals surface area contributed by atoms with Crippen LogP contribution in [0.5, 0.6) is 0 Å². The van der Waals surface area contributed by atoms with Crippen molar-refractivity contribution in [2.75, 3.05) is 6.61 Å². The quantitative estimate of drug-likeness (QED) is 0.512. The molecule has 0 spiro atoms. The van der Waals surface area contributed by atoms with E-state index in [9.17, 15) is 5.11 Å². The molecule has 3 heteroatoms. The highest BCUT2D eigenvalue weighted by Crippen LogP contribution is 2.16. The average molecular weight is 147 g/mol. The van der Waals surface area contributed by atoms with E-state index in [1.807, 2.05) is 0 Å². The predicted molar refractivity (Wildman–Crippen MR) is 38.3 cm³/mol. The Labute approximate surface area is 61.3 Å². The van der Waals surface area contributed by atoms with Crippen LogP contribution < -0.4 is 0 Å². The van der Waals surface area contributed by atoms with E-state index in [0.29, 0.717) is 6.42 Å². The molecule has 0 aliphatic carbocycles. The third kappa shape index (κ3) is 1.94. The summed E-state index contributed by atoms with van der Waals surface area (Å²) >= 11 is 0. The Balaban J connectivity index is 4.02. The summed E-state index contributed by atoms with van der Waals surface area (Å²) < 4.78 is 0. The molecule has 0 aliphatic rings. The van der Waals surface area contributed by atoms with Crippen LogP contribution in [0.3, 0.4) is 0 Å². The van der Waals surface area contributed by atoms with Crippen LogP contribution >= 0.6 is 0 Å². The van der Waals surface area contributed by atoms with Crippen LogP contribution in [0, 0.1) is 6.92 Å². The molecule has 1 radical (unpaired) electrons. The highest BCUT2D eigenvalue weighted by atomic mass is 16.4. The van der Waals surface area contributed by atoms with Crippen LogP contribution in [0.1, 0.15) is 19.8 Å². The summed E-state index contributed by atoms with van der Waals surface area (Å²) in [5.74, 6) is 0. The molecule has 0 rings (SSSR count). The summed E-state index contributed by atoms with van der Waals surface area (Å²) in [6, 6.07) is 0. The van der Waals surface area contributed by atoms with Gasteiger partial charge in [0.1, 0.15) is 5.60 Å². The fourth-order valence-electron chi connectivity index (χ4n) is 0.731. The van der Waals surface area contributed by atoms with Crippen molar-refractivity contribution in [1.29, 1.82) is 0 Å². The first-order valence-corrected chi connectivity index (χ1v) is 3.41. The number of aliphatic hydroxyl groups excluding tert-OH is 2. The SMILES string of the molecule is [CH2]CC(O)(CO)C(O)CC. The van der Waals surface area contributed by atoms with Crippen molar-refractivity contribution in [1.82, 2.24) is 0 Å². The minimum absolute atomic E-state index is 0.124. The largest absolute Gasteiger partial charge is 0.393 e. The number of hydrogen-bond acceptors (Lipinski definition) is 3. The van der Waals surface area contributed by atoms with Crippen molar-refractivity contribution in [3.8, 4) is 0 Å². The summed E-state index contributed by atoms with van der Waals surface area (Å²) in [4.78, 5) is 0. The molecular formula is C7H15O3. The Morgan fingerprint density at radius 2 is 2.10 bits per heavy atom. The molecule has 10 heavy (non-hydrogen) atoms. The first kappa shape index (κ1) is 9.88. The van der Waals surface area contributed by atoms with Crippen molar-refractivity contribution in [2.24, 2.45) is 0 Å². The molecule has 61 valence electrons. The molecule has 2 unspecified atom stereocenters. The average Bonchev–Trinajstić information content (AvgIpc) is 2.01. The summed E-state index contributed by atoms with van der Waals surface area (Å²) in [5, 5.41) is 27.1. The second kappa shape index (κ2) is 3.91. The van der Waals surface area contributed by atoms with Gasteiger partial charge in [-0.25, -0.2) is 0 Å². The van der Waals surface area contributed by atoms with Gasteiger partial charge in [0.25, 0.3) is 0 Å². The van der Waals surface area contributed by atoms with Gasteiger partial charge in [0, 0.05) is 0 Å². The van der Waals surface area contributed by atoms with E-state index in [-0.39, 0.29) is 6.42 Å². The molecule has 0 aromatic rings. The second-order valence-electron chi connectivity index (χ2n) is 2.44. The molecule has 3 nitrogen and oxygen atoms in total. The fourth-order valence-corrected chi connectivity index (χ4v) is 0.731. The van der Waals surface area contributed by atoms with Gasteiger partial charge in [0.05, 0.1) is 12.7 Å². The Bertz CT molecular complexity index is 88.9. The van der Waals surface area contributed by atoms with Gasteiger partial charge in [0.2, 0.25) is 0 Å². The highest BCUT2D eigenvalue weighted by molar-refractivity contribution is 4.85. The van der Waals surface area contributed by atoms with Crippen molar-refractivity contribution in [3.05, 3.63) is 6.92 Å². The zero-order valence-electron chi connectivity index (χ0n) is 6.25. The first-order valence-electron chi connectivity index (χ1n) is 3.41. The van der Waals surface area contributed by atoms with Gasteiger partial charge in [-0.3, -0.25) is 0 Å². The Morgan fingerprint density at radius 3 is 2.20 bits per heavy atom. The predicted octanol–water partition coefficient (Wildman–Crippen LogP) is -0.295. The molecule has 0 aromatic heterocycles. The molecule has 2 atom stereocenters. The lowest BCUT2D eigenvalue weighted by Gasteiger charge is -2.28. The van der Waals surface area contributed by atoms with Crippen LogP contribution in [0.4, 0.5) is 0 Å². The Morgan fingerprint density at radius 1 is 1.60 bits per heavy atom. The van der Waals surface area contributed by atoms with E-state index >= 15 is 0 Å². The maximum Gasteiger partial charge on any atom is 0.113 e. The number of rotatable bonds is 4. The smallest absolute Gasteiger partial charge is 0.113 e. The van der Waals surface area contributed by atoms with E-state index in [0.717, 1.165) is 0 Å². The second-order valence-corrected chi connectivity index (χ2v) is 2.44. The van der Waals surface area contributed by atoms with Crippen molar-refractivity contribution < 1.29 is 15.3 Å². The van der Waals surface area contributed by atoms with Gasteiger partial charge < -0.3 is 15.3 Å². The monoisotopic (exact) mass is 147 g/mol. The number of hydrogen-bond donors (Lipinski definition) is 3. The maximum atomic E-state index is 9.33. The van der Waals surface area contributed by atoms with Crippen molar-refractivity contribution in [3.63, 3.8) is 0 Å². The summed E-state index contributed by atoms with van der Waals surface area (Å²) in [6.45, 7) is 4.73. The molecule has 0 aliphatic heterocycles. The lowest BCUT2D eigenvalue weighted by Crippen LogP contribution is -2.44. The van der Waals surface area contributed by atoms with Crippen molar-refractivity contribution >= 4 is 0 Å². The minimum atomic E-state index is -1.41. The topological polar surface area (TPSA) is 60.7 Å². The Kier molecular flexibility index (Phi) is 3.86. The first-order chi connectivity index (χ1) is 4.60. The molecule has 0 aromatic carbocycles. The lowest BCUT2D eigenvalue weighted by molar-refractivity contribution is -0.104. The van der Waals surface area contributed by atoms with Crippen LogP contribution in [0.15, 0.2) is 0 Å². The fraction of sp³-hybridized carbons (Fsp3) is 0.857. The van der Waals surface area contributed by atoms with Crippen LogP contribution in [-0.4, -0.2) is 33.6 Å². The van der Waals surface area contributed by atoms with Crippen molar-refractivity contribution in [2.45, 2.75) is 31.5 Å². The summed E-state index contributed by atoms with van der Waals surface area (Å²) in [5.41, 5.74) is -1.41. The van der Waals surface area contributed by atoms with Crippen LogP contribution in [0.2, 0.25) is 0 Å². The summed E-state index contributed by atoms with van der Waals surface area (Å²) in [6.07, 6.45) is -0.333. The maximum absolute atomic E-state index is 9.33. The molecule has 0 saturated heterocycles. The van der Waals surface area contributed by atoms with Gasteiger partial charge in [0.15, 0.2) is 0 Å². The van der Waals surface area contributed by atoms with Gasteiger partial charge in [-0.05, 0) is 12.8 Å².